The maximum absolute atomic E-state index is 14.8. The first kappa shape index (κ1) is 23.9. The Labute approximate surface area is 215 Å². The number of nitrogens with zero attached hydrogens (tertiary/aromatic N) is 7. The van der Waals surface area contributed by atoms with E-state index < -0.39 is 5.82 Å². The van der Waals surface area contributed by atoms with Gasteiger partial charge in [0.2, 0.25) is 5.95 Å². The summed E-state index contributed by atoms with van der Waals surface area (Å²) in [6.07, 6.45) is 7.19. The number of likely N-dealkylation sites (tertiary alicyclic amines) is 1. The second-order valence-electron chi connectivity index (χ2n) is 10.7. The quantitative estimate of drug-likeness (QED) is 0.409. The average molecular weight is 502 g/mol. The molecule has 37 heavy (non-hydrogen) atoms. The number of nitrogens with one attached hydrogen (secondary N) is 2. The van der Waals surface area contributed by atoms with Crippen molar-refractivity contribution in [3.63, 3.8) is 0 Å². The molecule has 2 aliphatic rings. The minimum atomic E-state index is -0.508. The zero-order valence-electron chi connectivity index (χ0n) is 21.5. The zero-order chi connectivity index (χ0) is 25.6. The lowest BCUT2D eigenvalue weighted by Gasteiger charge is -2.48. The van der Waals surface area contributed by atoms with Crippen LogP contribution in [0.2, 0.25) is 0 Å². The van der Waals surface area contributed by atoms with E-state index in [1.165, 1.54) is 37.7 Å². The third-order valence-corrected chi connectivity index (χ3v) is 7.69. The van der Waals surface area contributed by atoms with Crippen LogP contribution < -0.4 is 10.6 Å². The van der Waals surface area contributed by atoms with Gasteiger partial charge in [-0.1, -0.05) is 19.9 Å². The Kier molecular flexibility index (Phi) is 6.08. The lowest BCUT2D eigenvalue weighted by Crippen LogP contribution is -2.58. The van der Waals surface area contributed by atoms with Crippen molar-refractivity contribution in [1.82, 2.24) is 39.9 Å². The predicted octanol–water partition coefficient (Wildman–Crippen LogP) is 4.01. The smallest absolute Gasteiger partial charge is 0.229 e. The van der Waals surface area contributed by atoms with Crippen molar-refractivity contribution in [2.75, 3.05) is 31.5 Å². The maximum atomic E-state index is 14.8. The van der Waals surface area contributed by atoms with E-state index in [0.717, 1.165) is 30.7 Å². The number of rotatable bonds is 6. The van der Waals surface area contributed by atoms with E-state index >= 15 is 0 Å². The van der Waals surface area contributed by atoms with Gasteiger partial charge in [-0.3, -0.25) is 9.58 Å². The molecular formula is C27H32FN9. The standard InChI is InChI=1S/C27H32FN9/c1-17(2)24-20-10-19(12-31-25(20)35-36(24)3)23-21(28)13-32-26(34-23)33-22-5-4-18(11-30-22)14-37-8-6-27(7-9-37)15-29-16-27/h4-5,10-13,17,29H,6-9,14-16H2,1-3H3,(H,30,32,33,34). The van der Waals surface area contributed by atoms with Gasteiger partial charge < -0.3 is 10.6 Å². The van der Waals surface area contributed by atoms with Crippen LogP contribution in [0.15, 0.2) is 36.8 Å². The fraction of sp³-hybridized carbons (Fsp3) is 0.444. The van der Waals surface area contributed by atoms with Crippen molar-refractivity contribution in [2.24, 2.45) is 12.5 Å². The first-order valence-electron chi connectivity index (χ1n) is 12.9. The molecule has 2 saturated heterocycles. The molecule has 4 aromatic rings. The van der Waals surface area contributed by atoms with E-state index in [4.69, 9.17) is 0 Å². The molecule has 0 bridgehead atoms. The van der Waals surface area contributed by atoms with E-state index in [0.29, 0.717) is 22.4 Å². The zero-order valence-corrected chi connectivity index (χ0v) is 21.5. The van der Waals surface area contributed by atoms with E-state index in [-0.39, 0.29) is 17.6 Å². The molecule has 4 aromatic heterocycles. The molecule has 2 fully saturated rings. The molecule has 10 heteroatoms. The second-order valence-corrected chi connectivity index (χ2v) is 10.7. The molecule has 192 valence electrons. The molecule has 0 atom stereocenters. The summed E-state index contributed by atoms with van der Waals surface area (Å²) in [6.45, 7) is 9.70. The number of halogens is 1. The van der Waals surface area contributed by atoms with Crippen LogP contribution in [0.3, 0.4) is 0 Å². The fourth-order valence-corrected chi connectivity index (χ4v) is 5.52. The Balaban J connectivity index is 1.17. The normalized spacial score (nSPS) is 17.4. The minimum Gasteiger partial charge on any atom is -0.316 e. The highest BCUT2D eigenvalue weighted by Gasteiger charge is 2.39. The molecule has 9 nitrogen and oxygen atoms in total. The van der Waals surface area contributed by atoms with Crippen LogP contribution in [0.4, 0.5) is 16.2 Å². The minimum absolute atomic E-state index is 0.187. The second kappa shape index (κ2) is 9.42. The molecule has 0 amide bonds. The molecular weight excluding hydrogens is 469 g/mol. The van der Waals surface area contributed by atoms with E-state index in [2.05, 4.69) is 60.5 Å². The van der Waals surface area contributed by atoms with Gasteiger partial charge in [-0.15, -0.1) is 0 Å². The van der Waals surface area contributed by atoms with Crippen LogP contribution in [0.1, 0.15) is 43.9 Å². The van der Waals surface area contributed by atoms with Gasteiger partial charge in [-0.25, -0.2) is 24.3 Å². The van der Waals surface area contributed by atoms with Crippen molar-refractivity contribution in [3.05, 3.63) is 53.9 Å². The molecule has 0 radical (unpaired) electrons. The monoisotopic (exact) mass is 501 g/mol. The lowest BCUT2D eigenvalue weighted by atomic mass is 9.73. The molecule has 1 spiro atoms. The van der Waals surface area contributed by atoms with Gasteiger partial charge in [0.1, 0.15) is 11.5 Å². The first-order valence-corrected chi connectivity index (χ1v) is 12.9. The molecule has 0 saturated carbocycles. The van der Waals surface area contributed by atoms with Crippen LogP contribution in [-0.2, 0) is 13.6 Å². The van der Waals surface area contributed by atoms with Gasteiger partial charge in [-0.2, -0.15) is 5.10 Å². The Morgan fingerprint density at radius 3 is 2.57 bits per heavy atom. The van der Waals surface area contributed by atoms with E-state index in [1.54, 1.807) is 6.20 Å². The Morgan fingerprint density at radius 1 is 1.08 bits per heavy atom. The number of pyridine rings is 2. The molecule has 6 heterocycles. The van der Waals surface area contributed by atoms with Crippen molar-refractivity contribution in [3.8, 4) is 11.3 Å². The van der Waals surface area contributed by atoms with Gasteiger partial charge in [0.15, 0.2) is 11.5 Å². The third-order valence-electron chi connectivity index (χ3n) is 7.69. The number of anilines is 2. The SMILES string of the molecule is CC(C)c1c2cc(-c3nc(Nc4ccc(CN5CCC6(CC5)CNC6)cn4)ncc3F)cnc2nn1C. The van der Waals surface area contributed by atoms with Crippen LogP contribution >= 0.6 is 0 Å². The fourth-order valence-electron chi connectivity index (χ4n) is 5.52. The number of aryl methyl sites for hydroxylation is 1. The lowest BCUT2D eigenvalue weighted by molar-refractivity contribution is 0.0520. The predicted molar refractivity (Wildman–Crippen MR) is 141 cm³/mol. The Hall–Kier alpha value is -3.50. The van der Waals surface area contributed by atoms with Crippen LogP contribution in [-0.4, -0.2) is 60.8 Å². The summed E-state index contributed by atoms with van der Waals surface area (Å²) in [5.41, 5.74) is 4.17. The summed E-state index contributed by atoms with van der Waals surface area (Å²) >= 11 is 0. The third kappa shape index (κ3) is 4.67. The molecule has 0 aliphatic carbocycles. The van der Waals surface area contributed by atoms with E-state index in [1.807, 2.05) is 30.1 Å². The number of aromatic nitrogens is 6. The summed E-state index contributed by atoms with van der Waals surface area (Å²) in [5, 5.41) is 11.9. The Morgan fingerprint density at radius 2 is 1.89 bits per heavy atom. The van der Waals surface area contributed by atoms with Crippen molar-refractivity contribution in [1.29, 1.82) is 0 Å². The van der Waals surface area contributed by atoms with Crippen molar-refractivity contribution in [2.45, 2.75) is 39.2 Å². The highest BCUT2D eigenvalue weighted by molar-refractivity contribution is 5.83. The van der Waals surface area contributed by atoms with Gasteiger partial charge >= 0.3 is 0 Å². The summed E-state index contributed by atoms with van der Waals surface area (Å²) in [7, 11) is 1.90. The van der Waals surface area contributed by atoms with Crippen molar-refractivity contribution >= 4 is 22.8 Å². The van der Waals surface area contributed by atoms with E-state index in [9.17, 15) is 4.39 Å². The van der Waals surface area contributed by atoms with Crippen molar-refractivity contribution < 1.29 is 4.39 Å². The molecule has 6 rings (SSSR count). The molecule has 0 unspecified atom stereocenters. The summed E-state index contributed by atoms with van der Waals surface area (Å²) in [6, 6.07) is 5.89. The largest absolute Gasteiger partial charge is 0.316 e. The summed E-state index contributed by atoms with van der Waals surface area (Å²) in [4.78, 5) is 20.1. The van der Waals surface area contributed by atoms with Gasteiger partial charge in [-0.05, 0) is 55.0 Å². The first-order chi connectivity index (χ1) is 17.9. The number of piperidine rings is 1. The molecule has 2 aliphatic heterocycles. The molecule has 0 aromatic carbocycles. The average Bonchev–Trinajstić information content (AvgIpc) is 3.21. The van der Waals surface area contributed by atoms with Gasteiger partial charge in [0, 0.05) is 50.0 Å². The van der Waals surface area contributed by atoms with Crippen LogP contribution in [0.5, 0.6) is 0 Å². The van der Waals surface area contributed by atoms with Crippen LogP contribution in [0, 0.1) is 11.2 Å². The van der Waals surface area contributed by atoms with Gasteiger partial charge in [0.25, 0.3) is 0 Å². The number of fused-ring (bicyclic) bond motifs is 1. The highest BCUT2D eigenvalue weighted by Crippen LogP contribution is 2.35. The number of hydrogen-bond acceptors (Lipinski definition) is 8. The summed E-state index contributed by atoms with van der Waals surface area (Å²) in [5.74, 6) is 0.635. The molecule has 2 N–H and O–H groups in total. The topological polar surface area (TPSA) is 96.7 Å². The van der Waals surface area contributed by atoms with Gasteiger partial charge in [0.05, 0.1) is 11.9 Å². The summed E-state index contributed by atoms with van der Waals surface area (Å²) < 4.78 is 16.6. The number of hydrogen-bond donors (Lipinski definition) is 2. The van der Waals surface area contributed by atoms with Crippen LogP contribution in [0.25, 0.3) is 22.3 Å². The highest BCUT2D eigenvalue weighted by atomic mass is 19.1. The Bertz CT molecular complexity index is 1420. The maximum Gasteiger partial charge on any atom is 0.229 e.